The lowest BCUT2D eigenvalue weighted by molar-refractivity contribution is 0.517. The molecule has 0 aliphatic heterocycles. The second kappa shape index (κ2) is 5.16. The van der Waals surface area contributed by atoms with Gasteiger partial charge in [-0.05, 0) is 35.1 Å². The molecule has 0 bridgehead atoms. The average molecular weight is 212 g/mol. The van der Waals surface area contributed by atoms with Crippen LogP contribution in [0.5, 0.6) is 0 Å². The van der Waals surface area contributed by atoms with Crippen molar-refractivity contribution in [1.29, 1.82) is 0 Å². The van der Waals surface area contributed by atoms with E-state index in [4.69, 9.17) is 0 Å². The molecule has 0 nitrogen and oxygen atoms in total. The lowest BCUT2D eigenvalue weighted by Crippen LogP contribution is -1.96. The summed E-state index contributed by atoms with van der Waals surface area (Å²) >= 11 is 0. The van der Waals surface area contributed by atoms with Crippen molar-refractivity contribution in [3.63, 3.8) is 0 Å². The number of aryl methyl sites for hydroxylation is 1. The van der Waals surface area contributed by atoms with Gasteiger partial charge in [0.2, 0.25) is 0 Å². The number of fused-ring (bicyclic) bond motifs is 1. The van der Waals surface area contributed by atoms with Crippen LogP contribution in [0.15, 0.2) is 42.5 Å². The third-order valence-electron chi connectivity index (χ3n) is 3.48. The second-order valence-corrected chi connectivity index (χ2v) is 4.69. The van der Waals surface area contributed by atoms with Crippen LogP contribution in [0.1, 0.15) is 32.3 Å². The summed E-state index contributed by atoms with van der Waals surface area (Å²) in [7, 11) is 0. The number of hydrogen-bond acceptors (Lipinski definition) is 0. The smallest absolute Gasteiger partial charge is 0.0152 e. The maximum Gasteiger partial charge on any atom is -0.0152 e. The lowest BCUT2D eigenvalue weighted by Gasteiger charge is -2.10. The van der Waals surface area contributed by atoms with Gasteiger partial charge in [0, 0.05) is 0 Å². The van der Waals surface area contributed by atoms with E-state index in [1.807, 2.05) is 0 Å². The number of hydrogen-bond donors (Lipinski definition) is 0. The first-order chi connectivity index (χ1) is 7.81. The molecule has 1 unspecified atom stereocenters. The first-order valence-electron chi connectivity index (χ1n) is 6.28. The molecular weight excluding hydrogens is 192 g/mol. The minimum atomic E-state index is 0.832. The Morgan fingerprint density at radius 1 is 1.00 bits per heavy atom. The Kier molecular flexibility index (Phi) is 3.61. The number of rotatable bonds is 4. The van der Waals surface area contributed by atoms with Gasteiger partial charge in [-0.25, -0.2) is 0 Å². The summed E-state index contributed by atoms with van der Waals surface area (Å²) in [4.78, 5) is 0. The van der Waals surface area contributed by atoms with E-state index in [0.717, 1.165) is 5.92 Å². The van der Waals surface area contributed by atoms with E-state index in [1.165, 1.54) is 35.6 Å². The molecule has 0 spiro atoms. The normalized spacial score (nSPS) is 12.9. The molecule has 2 aromatic rings. The summed E-state index contributed by atoms with van der Waals surface area (Å²) in [5.41, 5.74) is 1.50. The third-order valence-corrected chi connectivity index (χ3v) is 3.48. The summed E-state index contributed by atoms with van der Waals surface area (Å²) in [6.45, 7) is 4.61. The van der Waals surface area contributed by atoms with Crippen LogP contribution >= 0.6 is 0 Å². The molecule has 0 radical (unpaired) electrons. The Bertz CT molecular complexity index is 451. The lowest BCUT2D eigenvalue weighted by atomic mass is 9.95. The van der Waals surface area contributed by atoms with Crippen LogP contribution in [0, 0.1) is 5.92 Å². The molecular formula is C16H20. The first kappa shape index (κ1) is 11.2. The molecule has 0 heterocycles. The van der Waals surface area contributed by atoms with Gasteiger partial charge >= 0.3 is 0 Å². The number of benzene rings is 2. The summed E-state index contributed by atoms with van der Waals surface area (Å²) in [5, 5.41) is 2.79. The predicted octanol–water partition coefficient (Wildman–Crippen LogP) is 4.82. The van der Waals surface area contributed by atoms with Crippen LogP contribution < -0.4 is 0 Å². The van der Waals surface area contributed by atoms with Crippen molar-refractivity contribution in [3.8, 4) is 0 Å². The van der Waals surface area contributed by atoms with Crippen LogP contribution in [0.2, 0.25) is 0 Å². The van der Waals surface area contributed by atoms with Crippen molar-refractivity contribution in [2.45, 2.75) is 33.1 Å². The zero-order valence-electron chi connectivity index (χ0n) is 10.2. The summed E-state index contributed by atoms with van der Waals surface area (Å²) in [5.74, 6) is 0.832. The molecule has 0 aliphatic carbocycles. The van der Waals surface area contributed by atoms with Crippen molar-refractivity contribution in [3.05, 3.63) is 48.0 Å². The molecule has 2 rings (SSSR count). The minimum absolute atomic E-state index is 0.832. The largest absolute Gasteiger partial charge is 0.0651 e. The van der Waals surface area contributed by atoms with E-state index in [1.54, 1.807) is 0 Å². The van der Waals surface area contributed by atoms with Crippen molar-refractivity contribution in [2.75, 3.05) is 0 Å². The van der Waals surface area contributed by atoms with Crippen molar-refractivity contribution < 1.29 is 0 Å². The molecule has 0 aliphatic rings. The molecule has 0 N–H and O–H groups in total. The standard InChI is InChI=1S/C16H20/c1-3-13(2)11-12-15-9-6-8-14-7-4-5-10-16(14)15/h4-10,13H,3,11-12H2,1-2H3. The van der Waals surface area contributed by atoms with Crippen LogP contribution in [-0.4, -0.2) is 0 Å². The van der Waals surface area contributed by atoms with Crippen molar-refractivity contribution >= 4 is 10.8 Å². The summed E-state index contributed by atoms with van der Waals surface area (Å²) in [6, 6.07) is 15.3. The monoisotopic (exact) mass is 212 g/mol. The van der Waals surface area contributed by atoms with E-state index in [2.05, 4.69) is 56.3 Å². The van der Waals surface area contributed by atoms with E-state index >= 15 is 0 Å². The van der Waals surface area contributed by atoms with Crippen LogP contribution in [-0.2, 0) is 6.42 Å². The van der Waals surface area contributed by atoms with Crippen LogP contribution in [0.4, 0.5) is 0 Å². The fourth-order valence-electron chi connectivity index (χ4n) is 2.12. The van der Waals surface area contributed by atoms with Gasteiger partial charge in [-0.15, -0.1) is 0 Å². The fourth-order valence-corrected chi connectivity index (χ4v) is 2.12. The average Bonchev–Trinajstić information content (AvgIpc) is 2.35. The molecule has 0 saturated heterocycles. The van der Waals surface area contributed by atoms with Gasteiger partial charge in [-0.1, -0.05) is 62.7 Å². The molecule has 0 heteroatoms. The van der Waals surface area contributed by atoms with E-state index in [0.29, 0.717) is 0 Å². The van der Waals surface area contributed by atoms with Gasteiger partial charge in [0.05, 0.1) is 0 Å². The Labute approximate surface area is 98.3 Å². The van der Waals surface area contributed by atoms with Gasteiger partial charge in [-0.2, -0.15) is 0 Å². The first-order valence-corrected chi connectivity index (χ1v) is 6.28. The topological polar surface area (TPSA) is 0 Å². The Morgan fingerprint density at radius 3 is 2.56 bits per heavy atom. The van der Waals surface area contributed by atoms with Gasteiger partial charge in [0.15, 0.2) is 0 Å². The maximum absolute atomic E-state index is 2.34. The van der Waals surface area contributed by atoms with E-state index in [-0.39, 0.29) is 0 Å². The summed E-state index contributed by atoms with van der Waals surface area (Å²) < 4.78 is 0. The highest BCUT2D eigenvalue weighted by molar-refractivity contribution is 5.85. The SMILES string of the molecule is CCC(C)CCc1cccc2ccccc12. The Morgan fingerprint density at radius 2 is 1.75 bits per heavy atom. The maximum atomic E-state index is 2.34. The van der Waals surface area contributed by atoms with Gasteiger partial charge in [0.25, 0.3) is 0 Å². The molecule has 0 amide bonds. The molecule has 0 aromatic heterocycles. The molecule has 2 aromatic carbocycles. The van der Waals surface area contributed by atoms with Gasteiger partial charge in [0.1, 0.15) is 0 Å². The molecule has 0 fully saturated rings. The minimum Gasteiger partial charge on any atom is -0.0651 e. The quantitative estimate of drug-likeness (QED) is 0.681. The van der Waals surface area contributed by atoms with E-state index in [9.17, 15) is 0 Å². The fraction of sp³-hybridized carbons (Fsp3) is 0.375. The van der Waals surface area contributed by atoms with Gasteiger partial charge in [-0.3, -0.25) is 0 Å². The molecule has 0 saturated carbocycles. The summed E-state index contributed by atoms with van der Waals surface area (Å²) in [6.07, 6.45) is 3.78. The highest BCUT2D eigenvalue weighted by Crippen LogP contribution is 2.21. The third kappa shape index (κ3) is 2.44. The highest BCUT2D eigenvalue weighted by atomic mass is 14.1. The second-order valence-electron chi connectivity index (χ2n) is 4.69. The highest BCUT2D eigenvalue weighted by Gasteiger charge is 2.03. The Hall–Kier alpha value is -1.30. The van der Waals surface area contributed by atoms with Crippen molar-refractivity contribution in [2.24, 2.45) is 5.92 Å². The molecule has 16 heavy (non-hydrogen) atoms. The Balaban J connectivity index is 2.23. The molecule has 1 atom stereocenters. The van der Waals surface area contributed by atoms with Crippen molar-refractivity contribution in [1.82, 2.24) is 0 Å². The van der Waals surface area contributed by atoms with Crippen LogP contribution in [0.3, 0.4) is 0 Å². The predicted molar refractivity (Wildman–Crippen MR) is 71.7 cm³/mol. The van der Waals surface area contributed by atoms with E-state index < -0.39 is 0 Å². The zero-order chi connectivity index (χ0) is 11.4. The van der Waals surface area contributed by atoms with Crippen LogP contribution in [0.25, 0.3) is 10.8 Å². The molecule has 84 valence electrons. The zero-order valence-corrected chi connectivity index (χ0v) is 10.2. The van der Waals surface area contributed by atoms with Gasteiger partial charge < -0.3 is 0 Å².